The van der Waals surface area contributed by atoms with Gasteiger partial charge >= 0.3 is 18.9 Å². The fourth-order valence-corrected chi connectivity index (χ4v) is 17.1. The Hall–Kier alpha value is -0.0188. The third-order valence-corrected chi connectivity index (χ3v) is 13.6. The molecule has 88 valence electrons. The topological polar surface area (TPSA) is 3.24 Å². The second kappa shape index (κ2) is 4.93. The Morgan fingerprint density at radius 1 is 1.12 bits per heavy atom. The molecule has 1 aromatic carbocycles. The first-order valence-electron chi connectivity index (χ1n) is 5.80. The number of nitrogens with zero attached hydrogens (tertiary/aromatic N) is 1. The van der Waals surface area contributed by atoms with E-state index in [0.29, 0.717) is 0 Å². The summed E-state index contributed by atoms with van der Waals surface area (Å²) in [6.07, 6.45) is 0. The van der Waals surface area contributed by atoms with Crippen molar-refractivity contribution in [2.45, 2.75) is 38.3 Å². The summed E-state index contributed by atoms with van der Waals surface area (Å²) in [6, 6.07) is 10.6. The van der Waals surface area contributed by atoms with Crippen LogP contribution in [0.2, 0.25) is 38.3 Å². The summed E-state index contributed by atoms with van der Waals surface area (Å²) >= 11 is 0. The van der Waals surface area contributed by atoms with Gasteiger partial charge in [-0.3, -0.25) is 4.39 Å². The molecular formula is C12H19FLiNSi2. The summed E-state index contributed by atoms with van der Waals surface area (Å²) in [5, 5.41) is 0. The largest absolute Gasteiger partial charge is 1.00 e. The molecule has 0 atom stereocenters. The van der Waals surface area contributed by atoms with Crippen LogP contribution in [0.1, 0.15) is 0 Å². The van der Waals surface area contributed by atoms with Crippen molar-refractivity contribution in [3.8, 4) is 0 Å². The zero-order chi connectivity index (χ0) is 12.0. The van der Waals surface area contributed by atoms with E-state index in [1.54, 1.807) is 6.07 Å². The average Bonchev–Trinajstić information content (AvgIpc) is 2.35. The Morgan fingerprint density at radius 2 is 1.65 bits per heavy atom. The molecule has 17 heavy (non-hydrogen) atoms. The van der Waals surface area contributed by atoms with Crippen molar-refractivity contribution in [1.82, 2.24) is 0 Å². The van der Waals surface area contributed by atoms with Crippen LogP contribution in [0, 0.1) is 11.9 Å². The van der Waals surface area contributed by atoms with E-state index in [1.807, 2.05) is 6.07 Å². The van der Waals surface area contributed by atoms with Crippen molar-refractivity contribution in [3.63, 3.8) is 0 Å². The maximum atomic E-state index is 13.3. The molecule has 1 aliphatic heterocycles. The van der Waals surface area contributed by atoms with E-state index in [2.05, 4.69) is 36.5 Å². The number of hydrogen-bond acceptors (Lipinski definition) is 1. The molecule has 0 amide bonds. The third kappa shape index (κ3) is 2.87. The Labute approximate surface area is 118 Å². The summed E-state index contributed by atoms with van der Waals surface area (Å²) in [7, 11) is -2.72. The Kier molecular flexibility index (Phi) is 4.36. The van der Waals surface area contributed by atoms with Gasteiger partial charge in [-0.25, -0.2) is 0 Å². The van der Waals surface area contributed by atoms with Gasteiger partial charge in [0.15, 0.2) is 0 Å². The molecule has 1 aromatic rings. The summed E-state index contributed by atoms with van der Waals surface area (Å²) in [5.74, 6) is -0.168. The van der Waals surface area contributed by atoms with Gasteiger partial charge in [0, 0.05) is 5.82 Å². The van der Waals surface area contributed by atoms with E-state index in [9.17, 15) is 4.39 Å². The summed E-state index contributed by atoms with van der Waals surface area (Å²) in [5.41, 5.74) is 1.06. The van der Waals surface area contributed by atoms with Crippen molar-refractivity contribution >= 4 is 22.2 Å². The number of halogens is 1. The molecular weight excluding hydrogens is 240 g/mol. The second-order valence-corrected chi connectivity index (χ2v) is 15.5. The minimum atomic E-state index is -1.36. The van der Waals surface area contributed by atoms with Crippen LogP contribution in [0.5, 0.6) is 0 Å². The van der Waals surface area contributed by atoms with E-state index in [-0.39, 0.29) is 24.7 Å². The number of hydrogen-bond donors (Lipinski definition) is 0. The predicted octanol–water partition coefficient (Wildman–Crippen LogP) is 0.860. The SMILES string of the molecule is C[Si]1(C)CC[Si](C)(C)N1c1c[c-]cc(F)c1.[Li+]. The van der Waals surface area contributed by atoms with Gasteiger partial charge in [-0.05, 0) is 12.1 Å². The van der Waals surface area contributed by atoms with Crippen molar-refractivity contribution < 1.29 is 23.3 Å². The fourth-order valence-electron chi connectivity index (χ4n) is 2.91. The Bertz CT molecular complexity index is 393. The number of rotatable bonds is 1. The van der Waals surface area contributed by atoms with Crippen molar-refractivity contribution in [1.29, 1.82) is 0 Å². The average molecular weight is 259 g/mol. The van der Waals surface area contributed by atoms with E-state index in [1.165, 1.54) is 18.2 Å². The first kappa shape index (κ1) is 15.0. The molecule has 0 spiro atoms. The summed E-state index contributed by atoms with van der Waals surface area (Å²) in [4.78, 5) is 0. The summed E-state index contributed by atoms with van der Waals surface area (Å²) < 4.78 is 15.9. The first-order chi connectivity index (χ1) is 7.33. The van der Waals surface area contributed by atoms with Gasteiger partial charge < -0.3 is 4.23 Å². The molecule has 0 aliphatic carbocycles. The molecule has 0 N–H and O–H groups in total. The van der Waals surface area contributed by atoms with Crippen molar-refractivity contribution in [3.05, 3.63) is 30.1 Å². The molecule has 0 bridgehead atoms. The first-order valence-corrected chi connectivity index (χ1v) is 12.1. The van der Waals surface area contributed by atoms with Gasteiger partial charge in [0.05, 0.1) is 0 Å². The maximum absolute atomic E-state index is 13.3. The summed E-state index contributed by atoms with van der Waals surface area (Å²) in [6.45, 7) is 9.55. The Morgan fingerprint density at radius 3 is 2.12 bits per heavy atom. The van der Waals surface area contributed by atoms with Gasteiger partial charge in [-0.2, -0.15) is 12.1 Å². The zero-order valence-corrected chi connectivity index (χ0v) is 13.5. The van der Waals surface area contributed by atoms with E-state index in [0.717, 1.165) is 5.69 Å². The van der Waals surface area contributed by atoms with Gasteiger partial charge in [-0.15, -0.1) is 12.1 Å². The number of anilines is 1. The van der Waals surface area contributed by atoms with Gasteiger partial charge in [0.1, 0.15) is 16.5 Å². The molecule has 0 saturated carbocycles. The smallest absolute Gasteiger partial charge is 0.479 e. The van der Waals surface area contributed by atoms with Crippen LogP contribution in [-0.2, 0) is 0 Å². The normalized spacial score (nSPS) is 21.1. The quantitative estimate of drug-likeness (QED) is 0.534. The van der Waals surface area contributed by atoms with Crippen LogP contribution in [0.25, 0.3) is 0 Å². The van der Waals surface area contributed by atoms with Gasteiger partial charge in [-0.1, -0.05) is 31.9 Å². The van der Waals surface area contributed by atoms with Crippen molar-refractivity contribution in [2.75, 3.05) is 4.23 Å². The van der Waals surface area contributed by atoms with Crippen LogP contribution in [0.15, 0.2) is 18.2 Å². The molecule has 1 aliphatic rings. The zero-order valence-electron chi connectivity index (χ0n) is 11.5. The third-order valence-electron chi connectivity index (χ3n) is 3.56. The molecule has 2 rings (SSSR count). The molecule has 0 radical (unpaired) electrons. The molecule has 1 nitrogen and oxygen atoms in total. The predicted molar refractivity (Wildman–Crippen MR) is 72.3 cm³/mol. The van der Waals surface area contributed by atoms with E-state index >= 15 is 0 Å². The Balaban J connectivity index is 0.00000144. The van der Waals surface area contributed by atoms with E-state index in [4.69, 9.17) is 0 Å². The maximum Gasteiger partial charge on any atom is 1.00 e. The molecule has 1 fully saturated rings. The molecule has 1 heterocycles. The van der Waals surface area contributed by atoms with E-state index < -0.39 is 16.5 Å². The molecule has 0 aromatic heterocycles. The minimum Gasteiger partial charge on any atom is -0.479 e. The van der Waals surface area contributed by atoms with Gasteiger partial charge in [0.2, 0.25) is 0 Å². The molecule has 1 saturated heterocycles. The monoisotopic (exact) mass is 259 g/mol. The standard InChI is InChI=1S/C12H19FNSi2.Li/c1-15(2)8-9-16(3,4)14(15)12-7-5-6-11(13)10-12;/h6-7,10H,8-9H2,1-4H3;/q-1;+1. The van der Waals surface area contributed by atoms with Gasteiger partial charge in [0.25, 0.3) is 0 Å². The van der Waals surface area contributed by atoms with Crippen LogP contribution in [0.3, 0.4) is 0 Å². The van der Waals surface area contributed by atoms with Crippen LogP contribution < -0.4 is 23.1 Å². The second-order valence-electron chi connectivity index (χ2n) is 5.87. The fraction of sp³-hybridized carbons (Fsp3) is 0.500. The van der Waals surface area contributed by atoms with Crippen LogP contribution in [-0.4, -0.2) is 16.5 Å². The minimum absolute atomic E-state index is 0. The number of benzene rings is 1. The van der Waals surface area contributed by atoms with Crippen molar-refractivity contribution in [2.24, 2.45) is 0 Å². The molecule has 0 unspecified atom stereocenters. The molecule has 5 heteroatoms. The van der Waals surface area contributed by atoms with Crippen LogP contribution in [0.4, 0.5) is 10.1 Å². The van der Waals surface area contributed by atoms with Crippen LogP contribution >= 0.6 is 0 Å².